The Hall–Kier alpha value is -1.36. The van der Waals surface area contributed by atoms with Crippen molar-refractivity contribution in [2.45, 2.75) is 40.2 Å². The Morgan fingerprint density at radius 2 is 2.11 bits per heavy atom. The highest BCUT2D eigenvalue weighted by molar-refractivity contribution is 5.30. The fourth-order valence-electron chi connectivity index (χ4n) is 1.48. The van der Waals surface area contributed by atoms with Crippen molar-refractivity contribution in [3.63, 3.8) is 0 Å². The van der Waals surface area contributed by atoms with Crippen LogP contribution in [0.2, 0.25) is 0 Å². The molecule has 1 N–H and O–H groups in total. The fourth-order valence-corrected chi connectivity index (χ4v) is 1.48. The summed E-state index contributed by atoms with van der Waals surface area (Å²) in [5.74, 6) is 1.21. The zero-order chi connectivity index (χ0) is 13.4. The Bertz CT molecular complexity index is 358. The minimum absolute atomic E-state index is 0.138. The minimum Gasteiger partial charge on any atom is -0.478 e. The van der Waals surface area contributed by atoms with Crippen molar-refractivity contribution in [1.29, 1.82) is 0 Å². The first kappa shape index (κ1) is 14.7. The molecule has 0 aliphatic carbocycles. The third kappa shape index (κ3) is 5.31. The molecule has 102 valence electrons. The topological polar surface area (TPSA) is 56.3 Å². The van der Waals surface area contributed by atoms with E-state index in [2.05, 4.69) is 22.2 Å². The Labute approximate surface area is 109 Å². The molecule has 5 heteroatoms. The van der Waals surface area contributed by atoms with Crippen LogP contribution in [0.15, 0.2) is 6.07 Å². The van der Waals surface area contributed by atoms with E-state index < -0.39 is 0 Å². The van der Waals surface area contributed by atoms with Crippen LogP contribution in [0.1, 0.15) is 32.9 Å². The summed E-state index contributed by atoms with van der Waals surface area (Å²) < 4.78 is 10.9. The van der Waals surface area contributed by atoms with Crippen LogP contribution in [0.3, 0.4) is 0 Å². The van der Waals surface area contributed by atoms with Gasteiger partial charge in [0.05, 0.1) is 12.7 Å². The number of ether oxygens (including phenoxy) is 2. The Morgan fingerprint density at radius 1 is 1.33 bits per heavy atom. The predicted octanol–water partition coefficient (Wildman–Crippen LogP) is 2.41. The van der Waals surface area contributed by atoms with Crippen LogP contribution in [0.5, 0.6) is 5.88 Å². The van der Waals surface area contributed by atoms with Crippen molar-refractivity contribution >= 4 is 5.95 Å². The summed E-state index contributed by atoms with van der Waals surface area (Å²) >= 11 is 0. The standard InChI is InChI=1S/C13H23N3O2/c1-5-7-18-12-8-10(3)15-13(16-12)14-9-11(4)17-6-2/h8,11H,5-7,9H2,1-4H3,(H,14,15,16). The molecule has 1 atom stereocenters. The molecule has 0 fully saturated rings. The number of nitrogens with zero attached hydrogens (tertiary/aromatic N) is 2. The van der Waals surface area contributed by atoms with Gasteiger partial charge in [-0.3, -0.25) is 0 Å². The van der Waals surface area contributed by atoms with Gasteiger partial charge in [-0.2, -0.15) is 4.98 Å². The van der Waals surface area contributed by atoms with Gasteiger partial charge in [0.15, 0.2) is 0 Å². The van der Waals surface area contributed by atoms with E-state index >= 15 is 0 Å². The van der Waals surface area contributed by atoms with Crippen molar-refractivity contribution in [2.24, 2.45) is 0 Å². The number of anilines is 1. The van der Waals surface area contributed by atoms with Crippen LogP contribution in [-0.2, 0) is 4.74 Å². The van der Waals surface area contributed by atoms with Crippen molar-refractivity contribution in [3.05, 3.63) is 11.8 Å². The molecule has 1 aromatic heterocycles. The maximum Gasteiger partial charge on any atom is 0.226 e. The highest BCUT2D eigenvalue weighted by Gasteiger charge is 2.05. The third-order valence-electron chi connectivity index (χ3n) is 2.28. The average molecular weight is 253 g/mol. The van der Waals surface area contributed by atoms with E-state index in [1.54, 1.807) is 0 Å². The first-order valence-electron chi connectivity index (χ1n) is 6.49. The summed E-state index contributed by atoms with van der Waals surface area (Å²) in [6.07, 6.45) is 1.10. The summed E-state index contributed by atoms with van der Waals surface area (Å²) in [5, 5.41) is 3.16. The molecule has 0 saturated heterocycles. The molecule has 1 unspecified atom stereocenters. The van der Waals surface area contributed by atoms with Crippen LogP contribution in [0.25, 0.3) is 0 Å². The summed E-state index contributed by atoms with van der Waals surface area (Å²) in [7, 11) is 0. The third-order valence-corrected chi connectivity index (χ3v) is 2.28. The van der Waals surface area contributed by atoms with Gasteiger partial charge in [0.1, 0.15) is 0 Å². The minimum atomic E-state index is 0.138. The molecule has 1 heterocycles. The van der Waals surface area contributed by atoms with E-state index in [0.29, 0.717) is 31.6 Å². The maximum absolute atomic E-state index is 5.51. The van der Waals surface area contributed by atoms with Crippen molar-refractivity contribution in [1.82, 2.24) is 9.97 Å². The highest BCUT2D eigenvalue weighted by Crippen LogP contribution is 2.12. The van der Waals surface area contributed by atoms with Crippen LogP contribution in [-0.4, -0.2) is 35.8 Å². The van der Waals surface area contributed by atoms with Gasteiger partial charge in [-0.25, -0.2) is 4.98 Å². The van der Waals surface area contributed by atoms with E-state index in [-0.39, 0.29) is 6.10 Å². The first-order valence-corrected chi connectivity index (χ1v) is 6.49. The van der Waals surface area contributed by atoms with Crippen LogP contribution in [0, 0.1) is 6.92 Å². The van der Waals surface area contributed by atoms with Crippen molar-refractivity contribution in [2.75, 3.05) is 25.1 Å². The number of nitrogens with one attached hydrogen (secondary N) is 1. The summed E-state index contributed by atoms with van der Waals surface area (Å²) in [6.45, 7) is 10.1. The SMILES string of the molecule is CCCOc1cc(C)nc(NCC(C)OCC)n1. The number of hydrogen-bond donors (Lipinski definition) is 1. The average Bonchev–Trinajstić information content (AvgIpc) is 2.34. The van der Waals surface area contributed by atoms with Gasteiger partial charge < -0.3 is 14.8 Å². The Balaban J connectivity index is 2.56. The van der Waals surface area contributed by atoms with E-state index in [4.69, 9.17) is 9.47 Å². The lowest BCUT2D eigenvalue weighted by atomic mass is 10.4. The molecule has 1 rings (SSSR count). The normalized spacial score (nSPS) is 12.2. The van der Waals surface area contributed by atoms with E-state index in [9.17, 15) is 0 Å². The van der Waals surface area contributed by atoms with Crippen LogP contribution >= 0.6 is 0 Å². The van der Waals surface area contributed by atoms with Crippen LogP contribution in [0.4, 0.5) is 5.95 Å². The highest BCUT2D eigenvalue weighted by atomic mass is 16.5. The molecule has 1 aromatic rings. The number of aromatic nitrogens is 2. The zero-order valence-electron chi connectivity index (χ0n) is 11.7. The quantitative estimate of drug-likeness (QED) is 0.771. The second-order valence-electron chi connectivity index (χ2n) is 4.17. The number of aryl methyl sites for hydroxylation is 1. The molecule has 0 saturated carbocycles. The van der Waals surface area contributed by atoms with Gasteiger partial charge in [-0.1, -0.05) is 6.92 Å². The van der Waals surface area contributed by atoms with Crippen LogP contribution < -0.4 is 10.1 Å². The lowest BCUT2D eigenvalue weighted by Crippen LogP contribution is -2.21. The van der Waals surface area contributed by atoms with Gasteiger partial charge in [0.25, 0.3) is 0 Å². The Kier molecular flexibility index (Phi) is 6.43. The van der Waals surface area contributed by atoms with Gasteiger partial charge in [-0.05, 0) is 27.2 Å². The van der Waals surface area contributed by atoms with E-state index in [1.807, 2.05) is 26.8 Å². The van der Waals surface area contributed by atoms with Crippen molar-refractivity contribution < 1.29 is 9.47 Å². The lowest BCUT2D eigenvalue weighted by molar-refractivity contribution is 0.0854. The molecule has 18 heavy (non-hydrogen) atoms. The van der Waals surface area contributed by atoms with Gasteiger partial charge in [0.2, 0.25) is 11.8 Å². The van der Waals surface area contributed by atoms with Gasteiger partial charge in [0, 0.05) is 24.9 Å². The molecule has 0 aliphatic heterocycles. The molecule has 0 bridgehead atoms. The molecule has 0 amide bonds. The monoisotopic (exact) mass is 253 g/mol. The number of rotatable bonds is 8. The summed E-state index contributed by atoms with van der Waals surface area (Å²) in [6, 6.07) is 1.84. The van der Waals surface area contributed by atoms with Gasteiger partial charge >= 0.3 is 0 Å². The molecule has 0 spiro atoms. The predicted molar refractivity (Wildman–Crippen MR) is 72.1 cm³/mol. The molecular formula is C13H23N3O2. The molecule has 0 radical (unpaired) electrons. The molecule has 5 nitrogen and oxygen atoms in total. The first-order chi connectivity index (χ1) is 8.65. The Morgan fingerprint density at radius 3 is 2.78 bits per heavy atom. The smallest absolute Gasteiger partial charge is 0.226 e. The second kappa shape index (κ2) is 7.87. The van der Waals surface area contributed by atoms with Crippen molar-refractivity contribution in [3.8, 4) is 5.88 Å². The zero-order valence-corrected chi connectivity index (χ0v) is 11.7. The van der Waals surface area contributed by atoms with Gasteiger partial charge in [-0.15, -0.1) is 0 Å². The fraction of sp³-hybridized carbons (Fsp3) is 0.692. The number of hydrogen-bond acceptors (Lipinski definition) is 5. The summed E-state index contributed by atoms with van der Waals surface area (Å²) in [4.78, 5) is 8.62. The second-order valence-corrected chi connectivity index (χ2v) is 4.17. The molecule has 0 aliphatic rings. The maximum atomic E-state index is 5.51. The molecular weight excluding hydrogens is 230 g/mol. The van der Waals surface area contributed by atoms with E-state index in [0.717, 1.165) is 12.1 Å². The van der Waals surface area contributed by atoms with E-state index in [1.165, 1.54) is 0 Å². The molecule has 0 aromatic carbocycles. The lowest BCUT2D eigenvalue weighted by Gasteiger charge is -2.13. The largest absolute Gasteiger partial charge is 0.478 e. The summed E-state index contributed by atoms with van der Waals surface area (Å²) in [5.41, 5.74) is 0.891.